The molecule has 0 saturated heterocycles. The first kappa shape index (κ1) is 14.9. The molecular weight excluding hydrogens is 278 g/mol. The third-order valence-electron chi connectivity index (χ3n) is 4.02. The maximum absolute atomic E-state index is 8.97. The summed E-state index contributed by atoms with van der Waals surface area (Å²) in [5, 5.41) is 16.8. The molecule has 0 aliphatic carbocycles. The molecule has 0 bridgehead atoms. The average Bonchev–Trinajstić information content (AvgIpc) is 3.13. The van der Waals surface area contributed by atoms with Crippen LogP contribution in [-0.2, 0) is 13.0 Å². The van der Waals surface area contributed by atoms with E-state index in [4.69, 9.17) is 9.84 Å². The number of aliphatic hydroxyl groups is 1. The molecule has 2 heterocycles. The summed E-state index contributed by atoms with van der Waals surface area (Å²) in [4.78, 5) is 0. The Morgan fingerprint density at radius 3 is 3.05 bits per heavy atom. The fourth-order valence-corrected chi connectivity index (χ4v) is 2.88. The number of fused-ring (bicyclic) bond motifs is 1. The molecule has 5 nitrogen and oxygen atoms in total. The Labute approximate surface area is 130 Å². The molecule has 2 aromatic rings. The Hall–Kier alpha value is -2.01. The molecule has 1 aliphatic rings. The van der Waals surface area contributed by atoms with Gasteiger partial charge in [0, 0.05) is 12.6 Å². The van der Waals surface area contributed by atoms with E-state index < -0.39 is 0 Å². The zero-order valence-electron chi connectivity index (χ0n) is 13.1. The van der Waals surface area contributed by atoms with E-state index in [0.29, 0.717) is 12.5 Å². The number of benzene rings is 1. The first-order valence-corrected chi connectivity index (χ1v) is 7.83. The minimum Gasteiger partial charge on any atom is -0.493 e. The third kappa shape index (κ3) is 3.09. The van der Waals surface area contributed by atoms with Crippen molar-refractivity contribution in [2.75, 3.05) is 18.5 Å². The molecule has 1 aliphatic heterocycles. The standard InChI is InChI=1S/C17H23N3O2/c1-12(2)17(19-15-10-18-20(11-15)6-7-21)14-3-4-16-13(9-14)5-8-22-16/h3-4,9-12,17,19,21H,5-8H2,1-2H3. The van der Waals surface area contributed by atoms with Gasteiger partial charge >= 0.3 is 0 Å². The Morgan fingerprint density at radius 2 is 2.27 bits per heavy atom. The SMILES string of the molecule is CC(C)C(Nc1cnn(CCO)c1)c1ccc2c(c1)CCO2. The molecule has 0 fully saturated rings. The summed E-state index contributed by atoms with van der Waals surface area (Å²) < 4.78 is 7.33. The quantitative estimate of drug-likeness (QED) is 0.861. The third-order valence-corrected chi connectivity index (χ3v) is 4.02. The highest BCUT2D eigenvalue weighted by molar-refractivity contribution is 5.46. The van der Waals surface area contributed by atoms with Crippen LogP contribution in [0.25, 0.3) is 0 Å². The summed E-state index contributed by atoms with van der Waals surface area (Å²) >= 11 is 0. The number of hydrogen-bond acceptors (Lipinski definition) is 4. The molecule has 22 heavy (non-hydrogen) atoms. The summed E-state index contributed by atoms with van der Waals surface area (Å²) in [6.45, 7) is 5.81. The monoisotopic (exact) mass is 301 g/mol. The van der Waals surface area contributed by atoms with E-state index in [0.717, 1.165) is 24.5 Å². The number of nitrogens with zero attached hydrogens (tertiary/aromatic N) is 2. The molecule has 1 atom stereocenters. The lowest BCUT2D eigenvalue weighted by molar-refractivity contribution is 0.269. The van der Waals surface area contributed by atoms with Gasteiger partial charge < -0.3 is 15.2 Å². The van der Waals surface area contributed by atoms with Crippen molar-refractivity contribution in [2.45, 2.75) is 32.9 Å². The highest BCUT2D eigenvalue weighted by Crippen LogP contribution is 2.32. The van der Waals surface area contributed by atoms with Crippen molar-refractivity contribution >= 4 is 5.69 Å². The van der Waals surface area contributed by atoms with Crippen LogP contribution in [0.3, 0.4) is 0 Å². The summed E-state index contributed by atoms with van der Waals surface area (Å²) in [5.74, 6) is 1.46. The van der Waals surface area contributed by atoms with Crippen molar-refractivity contribution in [3.63, 3.8) is 0 Å². The molecule has 0 spiro atoms. The summed E-state index contributed by atoms with van der Waals surface area (Å²) in [7, 11) is 0. The van der Waals surface area contributed by atoms with Crippen molar-refractivity contribution in [3.05, 3.63) is 41.7 Å². The van der Waals surface area contributed by atoms with Gasteiger partial charge in [-0.15, -0.1) is 0 Å². The zero-order chi connectivity index (χ0) is 15.5. The van der Waals surface area contributed by atoms with E-state index in [1.54, 1.807) is 4.68 Å². The van der Waals surface area contributed by atoms with Gasteiger partial charge in [0.25, 0.3) is 0 Å². The lowest BCUT2D eigenvalue weighted by atomic mass is 9.94. The Morgan fingerprint density at radius 1 is 1.41 bits per heavy atom. The van der Waals surface area contributed by atoms with Crippen LogP contribution in [0.4, 0.5) is 5.69 Å². The van der Waals surface area contributed by atoms with Crippen LogP contribution in [0.15, 0.2) is 30.6 Å². The number of hydrogen-bond donors (Lipinski definition) is 2. The Kier molecular flexibility index (Phi) is 4.34. The maximum atomic E-state index is 8.97. The molecule has 2 N–H and O–H groups in total. The van der Waals surface area contributed by atoms with Crippen LogP contribution in [0, 0.1) is 5.92 Å². The van der Waals surface area contributed by atoms with E-state index in [9.17, 15) is 0 Å². The van der Waals surface area contributed by atoms with E-state index in [1.807, 2.05) is 12.4 Å². The number of ether oxygens (including phenoxy) is 1. The van der Waals surface area contributed by atoms with Crippen LogP contribution >= 0.6 is 0 Å². The number of aliphatic hydroxyl groups excluding tert-OH is 1. The van der Waals surface area contributed by atoms with Gasteiger partial charge in [0.15, 0.2) is 0 Å². The molecule has 1 aromatic carbocycles. The second-order valence-electron chi connectivity index (χ2n) is 6.05. The lowest BCUT2D eigenvalue weighted by Gasteiger charge is -2.23. The van der Waals surface area contributed by atoms with Crippen molar-refractivity contribution in [1.29, 1.82) is 0 Å². The first-order chi connectivity index (χ1) is 10.7. The fraction of sp³-hybridized carbons (Fsp3) is 0.471. The Bertz CT molecular complexity index is 637. The number of nitrogens with one attached hydrogen (secondary N) is 1. The van der Waals surface area contributed by atoms with Crippen molar-refractivity contribution < 1.29 is 9.84 Å². The second kappa shape index (κ2) is 6.40. The average molecular weight is 301 g/mol. The van der Waals surface area contributed by atoms with E-state index in [-0.39, 0.29) is 12.6 Å². The van der Waals surface area contributed by atoms with Gasteiger partial charge in [-0.25, -0.2) is 0 Å². The molecule has 118 valence electrons. The molecule has 0 saturated carbocycles. The predicted molar refractivity (Wildman–Crippen MR) is 86.2 cm³/mol. The minimum atomic E-state index is 0.0968. The largest absolute Gasteiger partial charge is 0.493 e. The number of aromatic nitrogens is 2. The van der Waals surface area contributed by atoms with E-state index in [2.05, 4.69) is 42.5 Å². The predicted octanol–water partition coefficient (Wildman–Crippen LogP) is 2.62. The van der Waals surface area contributed by atoms with E-state index >= 15 is 0 Å². The highest BCUT2D eigenvalue weighted by Gasteiger charge is 2.20. The van der Waals surface area contributed by atoms with Gasteiger partial charge in [-0.2, -0.15) is 5.10 Å². The molecule has 3 rings (SSSR count). The van der Waals surface area contributed by atoms with Gasteiger partial charge in [0.05, 0.1) is 37.7 Å². The van der Waals surface area contributed by atoms with E-state index in [1.165, 1.54) is 11.1 Å². The molecule has 0 amide bonds. The Balaban J connectivity index is 1.80. The topological polar surface area (TPSA) is 59.3 Å². The smallest absolute Gasteiger partial charge is 0.122 e. The van der Waals surface area contributed by atoms with Gasteiger partial charge in [0.1, 0.15) is 5.75 Å². The fourth-order valence-electron chi connectivity index (χ4n) is 2.88. The maximum Gasteiger partial charge on any atom is 0.122 e. The lowest BCUT2D eigenvalue weighted by Crippen LogP contribution is -2.16. The van der Waals surface area contributed by atoms with Gasteiger partial charge in [-0.1, -0.05) is 19.9 Å². The zero-order valence-corrected chi connectivity index (χ0v) is 13.1. The van der Waals surface area contributed by atoms with Crippen molar-refractivity contribution in [2.24, 2.45) is 5.92 Å². The number of anilines is 1. The molecule has 1 aromatic heterocycles. The summed E-state index contributed by atoms with van der Waals surface area (Å²) in [6, 6.07) is 6.68. The summed E-state index contributed by atoms with van der Waals surface area (Å²) in [5.41, 5.74) is 3.54. The second-order valence-corrected chi connectivity index (χ2v) is 6.05. The van der Waals surface area contributed by atoms with Gasteiger partial charge in [0.2, 0.25) is 0 Å². The van der Waals surface area contributed by atoms with Crippen LogP contribution in [0.5, 0.6) is 5.75 Å². The number of rotatable bonds is 6. The van der Waals surface area contributed by atoms with Crippen molar-refractivity contribution in [1.82, 2.24) is 9.78 Å². The molecular formula is C17H23N3O2. The minimum absolute atomic E-state index is 0.0968. The molecule has 5 heteroatoms. The molecule has 0 radical (unpaired) electrons. The van der Waals surface area contributed by atoms with Crippen LogP contribution in [0.2, 0.25) is 0 Å². The highest BCUT2D eigenvalue weighted by atomic mass is 16.5. The van der Waals surface area contributed by atoms with Crippen LogP contribution < -0.4 is 10.1 Å². The van der Waals surface area contributed by atoms with Gasteiger partial charge in [-0.3, -0.25) is 4.68 Å². The normalized spacial score (nSPS) is 14.7. The van der Waals surface area contributed by atoms with Crippen molar-refractivity contribution in [3.8, 4) is 5.75 Å². The summed E-state index contributed by atoms with van der Waals surface area (Å²) in [6.07, 6.45) is 4.73. The van der Waals surface area contributed by atoms with Gasteiger partial charge in [-0.05, 0) is 29.2 Å². The van der Waals surface area contributed by atoms with Crippen LogP contribution in [0.1, 0.15) is 31.0 Å². The molecule has 1 unspecified atom stereocenters. The van der Waals surface area contributed by atoms with Crippen LogP contribution in [-0.4, -0.2) is 28.1 Å². The first-order valence-electron chi connectivity index (χ1n) is 7.83.